The van der Waals surface area contributed by atoms with E-state index in [0.29, 0.717) is 12.8 Å². The molecule has 1 aromatic heterocycles. The van der Waals surface area contributed by atoms with Gasteiger partial charge in [0.15, 0.2) is 5.69 Å². The van der Waals surface area contributed by atoms with Crippen LogP contribution in [0, 0.1) is 5.92 Å². The largest absolute Gasteiger partial charge is 0.405 e. The van der Waals surface area contributed by atoms with Crippen molar-refractivity contribution < 1.29 is 22.8 Å². The van der Waals surface area contributed by atoms with Crippen LogP contribution in [0.1, 0.15) is 23.3 Å². The number of alkyl halides is 3. The van der Waals surface area contributed by atoms with Crippen LogP contribution in [0.3, 0.4) is 0 Å². The van der Waals surface area contributed by atoms with E-state index in [1.54, 1.807) is 12.1 Å². The lowest BCUT2D eigenvalue weighted by atomic mass is 9.95. The third-order valence-corrected chi connectivity index (χ3v) is 4.31. The van der Waals surface area contributed by atoms with E-state index < -0.39 is 24.5 Å². The molecule has 0 bridgehead atoms. The summed E-state index contributed by atoms with van der Waals surface area (Å²) in [5.74, 6) is -1.47. The molecule has 7 nitrogen and oxygen atoms in total. The first-order valence-electron chi connectivity index (χ1n) is 8.45. The van der Waals surface area contributed by atoms with Crippen LogP contribution in [0.2, 0.25) is 0 Å². The van der Waals surface area contributed by atoms with E-state index in [4.69, 9.17) is 0 Å². The molecule has 1 aromatic carbocycles. The van der Waals surface area contributed by atoms with Crippen molar-refractivity contribution in [1.29, 1.82) is 0 Å². The highest BCUT2D eigenvalue weighted by atomic mass is 19.4. The van der Waals surface area contributed by atoms with E-state index >= 15 is 0 Å². The Morgan fingerprint density at radius 2 is 1.81 bits per heavy atom. The Labute approximate surface area is 153 Å². The first-order valence-corrected chi connectivity index (χ1v) is 8.45. The van der Waals surface area contributed by atoms with E-state index in [2.05, 4.69) is 10.2 Å². The second-order valence-corrected chi connectivity index (χ2v) is 6.25. The van der Waals surface area contributed by atoms with Crippen molar-refractivity contribution >= 4 is 11.8 Å². The van der Waals surface area contributed by atoms with Crippen LogP contribution in [0.5, 0.6) is 0 Å². The van der Waals surface area contributed by atoms with Gasteiger partial charge in [-0.3, -0.25) is 9.59 Å². The van der Waals surface area contributed by atoms with E-state index in [1.807, 2.05) is 23.5 Å². The molecule has 3 rings (SSSR count). The molecule has 0 atom stereocenters. The number of hydrogen-bond donors (Lipinski definition) is 1. The molecule has 2 amide bonds. The number of aromatic nitrogens is 3. The number of benzene rings is 1. The van der Waals surface area contributed by atoms with Gasteiger partial charge in [-0.1, -0.05) is 18.2 Å². The summed E-state index contributed by atoms with van der Waals surface area (Å²) in [5, 5.41) is 10.2. The number of hydrogen-bond acceptors (Lipinski definition) is 4. The summed E-state index contributed by atoms with van der Waals surface area (Å²) in [6, 6.07) is 9.12. The highest BCUT2D eigenvalue weighted by Gasteiger charge is 2.32. The minimum absolute atomic E-state index is 0.179. The Bertz CT molecular complexity index is 798. The monoisotopic (exact) mass is 381 g/mol. The lowest BCUT2D eigenvalue weighted by Gasteiger charge is -2.30. The fourth-order valence-electron chi connectivity index (χ4n) is 2.89. The van der Waals surface area contributed by atoms with Gasteiger partial charge in [-0.15, -0.1) is 5.10 Å². The van der Waals surface area contributed by atoms with Gasteiger partial charge in [-0.05, 0) is 25.0 Å². The summed E-state index contributed by atoms with van der Waals surface area (Å²) >= 11 is 0. The molecule has 2 heterocycles. The first-order chi connectivity index (χ1) is 12.8. The zero-order chi connectivity index (χ0) is 19.4. The van der Waals surface area contributed by atoms with Crippen molar-refractivity contribution in [3.63, 3.8) is 0 Å². The summed E-state index contributed by atoms with van der Waals surface area (Å²) in [6.07, 6.45) is -2.45. The molecule has 27 heavy (non-hydrogen) atoms. The van der Waals surface area contributed by atoms with E-state index in [-0.39, 0.29) is 24.7 Å². The average Bonchev–Trinajstić information content (AvgIpc) is 3.16. The summed E-state index contributed by atoms with van der Waals surface area (Å²) < 4.78 is 36.5. The Balaban J connectivity index is 1.54. The number of piperidine rings is 1. The summed E-state index contributed by atoms with van der Waals surface area (Å²) in [7, 11) is 0. The maximum atomic E-state index is 12.5. The predicted molar refractivity (Wildman–Crippen MR) is 89.1 cm³/mol. The van der Waals surface area contributed by atoms with Crippen molar-refractivity contribution in [2.45, 2.75) is 19.0 Å². The van der Waals surface area contributed by atoms with Crippen LogP contribution >= 0.6 is 0 Å². The van der Waals surface area contributed by atoms with Crippen LogP contribution in [-0.4, -0.2) is 57.5 Å². The van der Waals surface area contributed by atoms with Gasteiger partial charge in [0, 0.05) is 19.0 Å². The third kappa shape index (κ3) is 4.83. The van der Waals surface area contributed by atoms with Gasteiger partial charge in [-0.2, -0.15) is 23.1 Å². The second kappa shape index (κ2) is 7.77. The highest BCUT2D eigenvalue weighted by Crippen LogP contribution is 2.20. The number of nitrogens with zero attached hydrogens (tertiary/aromatic N) is 4. The second-order valence-electron chi connectivity index (χ2n) is 6.25. The number of nitrogens with one attached hydrogen (secondary N) is 1. The number of halogens is 3. The molecule has 1 saturated heterocycles. The molecule has 0 spiro atoms. The Morgan fingerprint density at radius 1 is 1.15 bits per heavy atom. The van der Waals surface area contributed by atoms with E-state index in [1.165, 1.54) is 15.9 Å². The number of amides is 2. The van der Waals surface area contributed by atoms with Gasteiger partial charge in [0.2, 0.25) is 5.91 Å². The molecule has 2 aromatic rings. The van der Waals surface area contributed by atoms with Crippen molar-refractivity contribution in [2.75, 3.05) is 19.6 Å². The van der Waals surface area contributed by atoms with Crippen molar-refractivity contribution in [2.24, 2.45) is 5.92 Å². The quantitative estimate of drug-likeness (QED) is 0.876. The number of rotatable bonds is 4. The lowest BCUT2D eigenvalue weighted by Crippen LogP contribution is -2.44. The van der Waals surface area contributed by atoms with Gasteiger partial charge in [0.25, 0.3) is 5.91 Å². The molecule has 144 valence electrons. The van der Waals surface area contributed by atoms with Gasteiger partial charge >= 0.3 is 6.18 Å². The summed E-state index contributed by atoms with van der Waals surface area (Å²) in [4.78, 5) is 27.2. The summed E-state index contributed by atoms with van der Waals surface area (Å²) in [6.45, 7) is -0.782. The zero-order valence-electron chi connectivity index (χ0n) is 14.3. The number of para-hydroxylation sites is 1. The standard InChI is InChI=1S/C17H18F3N5O2/c18-17(19,20)11-21-15(26)12-6-8-24(9-7-12)16(27)14-10-22-25(23-14)13-4-2-1-3-5-13/h1-5,10,12H,6-9,11H2,(H,21,26). The molecule has 1 aliphatic rings. The van der Waals surface area contributed by atoms with Crippen molar-refractivity contribution in [1.82, 2.24) is 25.2 Å². The van der Waals surface area contributed by atoms with Crippen molar-refractivity contribution in [3.05, 3.63) is 42.2 Å². The molecule has 1 fully saturated rings. The summed E-state index contributed by atoms with van der Waals surface area (Å²) in [5.41, 5.74) is 0.899. The van der Waals surface area contributed by atoms with Crippen LogP contribution < -0.4 is 5.32 Å². The molecule has 0 saturated carbocycles. The SMILES string of the molecule is O=C(NCC(F)(F)F)C1CCN(C(=O)c2cnn(-c3ccccc3)n2)CC1. The Kier molecular flexibility index (Phi) is 5.43. The minimum atomic E-state index is -4.43. The average molecular weight is 381 g/mol. The predicted octanol–water partition coefficient (Wildman–Crippen LogP) is 1.80. The minimum Gasteiger partial charge on any atom is -0.347 e. The fourth-order valence-corrected chi connectivity index (χ4v) is 2.89. The topological polar surface area (TPSA) is 80.1 Å². The molecule has 1 aliphatic heterocycles. The van der Waals surface area contributed by atoms with Crippen LogP contribution in [0.4, 0.5) is 13.2 Å². The normalized spacial score (nSPS) is 15.6. The number of carbonyl (C=O) groups is 2. The lowest BCUT2D eigenvalue weighted by molar-refractivity contribution is -0.141. The van der Waals surface area contributed by atoms with Gasteiger partial charge in [-0.25, -0.2) is 0 Å². The molecular weight excluding hydrogens is 363 g/mol. The molecule has 0 aliphatic carbocycles. The van der Waals surface area contributed by atoms with Gasteiger partial charge in [0.1, 0.15) is 6.54 Å². The Morgan fingerprint density at radius 3 is 2.44 bits per heavy atom. The van der Waals surface area contributed by atoms with Crippen molar-refractivity contribution in [3.8, 4) is 5.69 Å². The smallest absolute Gasteiger partial charge is 0.347 e. The molecule has 10 heteroatoms. The van der Waals surface area contributed by atoms with Crippen LogP contribution in [0.25, 0.3) is 5.69 Å². The number of carbonyl (C=O) groups excluding carboxylic acids is 2. The highest BCUT2D eigenvalue weighted by molar-refractivity contribution is 5.92. The van der Waals surface area contributed by atoms with Gasteiger partial charge in [0.05, 0.1) is 11.9 Å². The fraction of sp³-hybridized carbons (Fsp3) is 0.412. The third-order valence-electron chi connectivity index (χ3n) is 4.31. The first kappa shape index (κ1) is 18.9. The van der Waals surface area contributed by atoms with Gasteiger partial charge < -0.3 is 10.2 Å². The molecule has 0 radical (unpaired) electrons. The molecular formula is C17H18F3N5O2. The molecule has 0 unspecified atom stereocenters. The maximum Gasteiger partial charge on any atom is 0.405 e. The number of likely N-dealkylation sites (tertiary alicyclic amines) is 1. The van der Waals surface area contributed by atoms with E-state index in [9.17, 15) is 22.8 Å². The van der Waals surface area contributed by atoms with E-state index in [0.717, 1.165) is 5.69 Å². The maximum absolute atomic E-state index is 12.5. The zero-order valence-corrected chi connectivity index (χ0v) is 14.3. The molecule has 1 N–H and O–H groups in total. The Hall–Kier alpha value is -2.91. The van der Waals surface area contributed by atoms with Crippen LogP contribution in [-0.2, 0) is 4.79 Å². The van der Waals surface area contributed by atoms with Crippen LogP contribution in [0.15, 0.2) is 36.5 Å².